The van der Waals surface area contributed by atoms with Gasteiger partial charge >= 0.3 is 0 Å². The lowest BCUT2D eigenvalue weighted by Crippen LogP contribution is -2.08. The molecule has 0 amide bonds. The fraction of sp³-hybridized carbons (Fsp3) is 0. The topological polar surface area (TPSA) is 92.0 Å². The number of H-pyrrole nitrogens is 1. The van der Waals surface area contributed by atoms with Crippen molar-refractivity contribution < 1.29 is 14.3 Å². The van der Waals surface area contributed by atoms with Gasteiger partial charge in [-0.05, 0) is 12.1 Å². The molecule has 0 aliphatic heterocycles. The Hall–Kier alpha value is -2.83. The Kier molecular flexibility index (Phi) is 2.90. The summed E-state index contributed by atoms with van der Waals surface area (Å²) in [6.07, 6.45) is 3.10. The molecule has 0 spiro atoms. The van der Waals surface area contributed by atoms with Gasteiger partial charge in [0.15, 0.2) is 5.82 Å². The molecule has 0 saturated heterocycles. The van der Waals surface area contributed by atoms with E-state index in [-0.39, 0.29) is 11.3 Å². The van der Waals surface area contributed by atoms with Crippen LogP contribution in [0.2, 0.25) is 0 Å². The average Bonchev–Trinajstić information content (AvgIpc) is 2.86. The number of pyridine rings is 1. The fourth-order valence-corrected chi connectivity index (χ4v) is 2.23. The number of aromatic nitrogens is 2. The number of carbonyl (C=O) groups is 1. The Morgan fingerprint density at radius 3 is 2.95 bits per heavy atom. The minimum absolute atomic E-state index is 0.190. The molecule has 5 nitrogen and oxygen atoms in total. The molecule has 0 bridgehead atoms. The summed E-state index contributed by atoms with van der Waals surface area (Å²) in [5.74, 6) is -2.01. The summed E-state index contributed by atoms with van der Waals surface area (Å²) in [5, 5.41) is 10.3. The Bertz CT molecular complexity index is 876. The maximum absolute atomic E-state index is 14.1. The van der Waals surface area contributed by atoms with Gasteiger partial charge in [-0.3, -0.25) is 4.79 Å². The number of carbonyl (C=O) groups excluding carboxylic acids is 1. The number of aromatic hydroxyl groups is 1. The van der Waals surface area contributed by atoms with Gasteiger partial charge in [0.25, 0.3) is 0 Å². The summed E-state index contributed by atoms with van der Waals surface area (Å²) in [6, 6.07) is 4.18. The van der Waals surface area contributed by atoms with E-state index in [0.29, 0.717) is 11.0 Å². The first-order chi connectivity index (χ1) is 9.99. The van der Waals surface area contributed by atoms with Crippen LogP contribution in [0.4, 0.5) is 10.1 Å². The molecular weight excluding hydrogens is 272 g/mol. The lowest BCUT2D eigenvalue weighted by molar-refractivity contribution is 0.103. The molecule has 0 aliphatic carbocycles. The Morgan fingerprint density at radius 1 is 1.43 bits per heavy atom. The molecule has 0 unspecified atom stereocenters. The SMILES string of the molecule is Bc1cnc2[nH]cc(C(=O)c3c(O)ccc(N)c3F)c2c1. The van der Waals surface area contributed by atoms with E-state index in [0.717, 1.165) is 5.46 Å². The van der Waals surface area contributed by atoms with Gasteiger partial charge in [-0.25, -0.2) is 9.37 Å². The zero-order valence-electron chi connectivity index (χ0n) is 11.1. The third-order valence-corrected chi connectivity index (χ3v) is 3.29. The Labute approximate surface area is 120 Å². The number of aromatic amines is 1. The Balaban J connectivity index is 2.22. The number of nitrogens with two attached hydrogens (primary N) is 1. The molecule has 3 aromatic rings. The van der Waals surface area contributed by atoms with Crippen molar-refractivity contribution in [3.05, 3.63) is 47.5 Å². The van der Waals surface area contributed by atoms with Crippen LogP contribution in [-0.4, -0.2) is 28.7 Å². The summed E-state index contributed by atoms with van der Waals surface area (Å²) in [6.45, 7) is 0. The zero-order chi connectivity index (χ0) is 15.1. The first kappa shape index (κ1) is 13.2. The van der Waals surface area contributed by atoms with E-state index in [2.05, 4.69) is 9.97 Å². The quantitative estimate of drug-likeness (QED) is 0.276. The van der Waals surface area contributed by atoms with Crippen LogP contribution in [0.5, 0.6) is 5.75 Å². The van der Waals surface area contributed by atoms with Crippen LogP contribution in [0, 0.1) is 5.82 Å². The molecule has 0 fully saturated rings. The molecule has 2 heterocycles. The molecule has 1 aromatic carbocycles. The molecule has 7 heteroatoms. The van der Waals surface area contributed by atoms with Crippen LogP contribution >= 0.6 is 0 Å². The van der Waals surface area contributed by atoms with Gasteiger partial charge in [-0.2, -0.15) is 0 Å². The minimum Gasteiger partial charge on any atom is -0.507 e. The lowest BCUT2D eigenvalue weighted by atomic mass is 9.95. The van der Waals surface area contributed by atoms with Crippen LogP contribution in [0.3, 0.4) is 0 Å². The molecule has 2 aromatic heterocycles. The number of rotatable bonds is 2. The smallest absolute Gasteiger partial charge is 0.202 e. The highest BCUT2D eigenvalue weighted by Gasteiger charge is 2.23. The van der Waals surface area contributed by atoms with Gasteiger partial charge in [-0.1, -0.05) is 11.5 Å². The summed E-state index contributed by atoms with van der Waals surface area (Å²) in [7, 11) is 1.84. The van der Waals surface area contributed by atoms with Crippen molar-refractivity contribution >= 4 is 35.8 Å². The van der Waals surface area contributed by atoms with Crippen LogP contribution in [0.1, 0.15) is 15.9 Å². The van der Waals surface area contributed by atoms with E-state index in [4.69, 9.17) is 5.73 Å². The van der Waals surface area contributed by atoms with E-state index < -0.39 is 22.9 Å². The summed E-state index contributed by atoms with van der Waals surface area (Å²) in [4.78, 5) is 19.5. The summed E-state index contributed by atoms with van der Waals surface area (Å²) >= 11 is 0. The maximum Gasteiger partial charge on any atom is 0.202 e. The van der Waals surface area contributed by atoms with E-state index in [9.17, 15) is 14.3 Å². The number of hydrogen-bond acceptors (Lipinski definition) is 4. The average molecular weight is 283 g/mol. The molecule has 0 aliphatic rings. The second-order valence-electron chi connectivity index (χ2n) is 4.80. The zero-order valence-corrected chi connectivity index (χ0v) is 11.1. The third-order valence-electron chi connectivity index (χ3n) is 3.29. The standard InChI is InChI=1S/C14H11BFN3O2/c15-6-3-7-8(5-19-14(7)18-4-6)13(21)11-10(20)2-1-9(17)12(11)16/h1-5,20H,15,17H2,(H,18,19). The number of anilines is 1. The van der Waals surface area contributed by atoms with Crippen molar-refractivity contribution in [1.29, 1.82) is 0 Å². The fourth-order valence-electron chi connectivity index (χ4n) is 2.23. The number of nitrogens with zero attached hydrogens (tertiary/aromatic N) is 1. The number of benzene rings is 1. The van der Waals surface area contributed by atoms with E-state index >= 15 is 0 Å². The second-order valence-corrected chi connectivity index (χ2v) is 4.80. The highest BCUT2D eigenvalue weighted by atomic mass is 19.1. The number of ketones is 1. The predicted octanol–water partition coefficient (Wildman–Crippen LogP) is 0.479. The number of fused-ring (bicyclic) bond motifs is 1. The molecule has 104 valence electrons. The van der Waals surface area contributed by atoms with Crippen LogP contribution in [0.25, 0.3) is 11.0 Å². The number of nitrogens with one attached hydrogen (secondary N) is 1. The number of phenolic OH excluding ortho intramolecular Hbond substituents is 1. The van der Waals surface area contributed by atoms with Crippen molar-refractivity contribution in [3.63, 3.8) is 0 Å². The van der Waals surface area contributed by atoms with Crippen LogP contribution in [0.15, 0.2) is 30.6 Å². The summed E-state index contributed by atoms with van der Waals surface area (Å²) < 4.78 is 14.1. The monoisotopic (exact) mass is 283 g/mol. The van der Waals surface area contributed by atoms with Gasteiger partial charge in [-0.15, -0.1) is 0 Å². The molecular formula is C14H11BFN3O2. The maximum atomic E-state index is 14.1. The van der Waals surface area contributed by atoms with Crippen molar-refractivity contribution in [2.45, 2.75) is 0 Å². The van der Waals surface area contributed by atoms with Crippen molar-refractivity contribution in [3.8, 4) is 5.75 Å². The van der Waals surface area contributed by atoms with Crippen molar-refractivity contribution in [2.75, 3.05) is 5.73 Å². The van der Waals surface area contributed by atoms with Crippen molar-refractivity contribution in [1.82, 2.24) is 9.97 Å². The Morgan fingerprint density at radius 2 is 2.19 bits per heavy atom. The predicted molar refractivity (Wildman–Crippen MR) is 80.2 cm³/mol. The van der Waals surface area contributed by atoms with Gasteiger partial charge in [0.1, 0.15) is 24.8 Å². The minimum atomic E-state index is -0.921. The van der Waals surface area contributed by atoms with Crippen molar-refractivity contribution in [2.24, 2.45) is 0 Å². The molecule has 3 rings (SSSR count). The van der Waals surface area contributed by atoms with Gasteiger partial charge in [0.05, 0.1) is 5.69 Å². The largest absolute Gasteiger partial charge is 0.507 e. The van der Waals surface area contributed by atoms with E-state index in [1.54, 1.807) is 12.3 Å². The first-order valence-electron chi connectivity index (χ1n) is 6.24. The molecule has 4 N–H and O–H groups in total. The summed E-state index contributed by atoms with van der Waals surface area (Å²) in [5.41, 5.74) is 6.46. The molecule has 0 saturated carbocycles. The van der Waals surface area contributed by atoms with Gasteiger partial charge in [0.2, 0.25) is 5.78 Å². The number of hydrogen-bond donors (Lipinski definition) is 3. The highest BCUT2D eigenvalue weighted by molar-refractivity contribution is 6.33. The third kappa shape index (κ3) is 2.03. The number of halogens is 1. The van der Waals surface area contributed by atoms with E-state index in [1.165, 1.54) is 18.3 Å². The molecule has 21 heavy (non-hydrogen) atoms. The van der Waals surface area contributed by atoms with Crippen LogP contribution < -0.4 is 11.2 Å². The number of nitrogen functional groups attached to an aromatic ring is 1. The second kappa shape index (κ2) is 4.62. The first-order valence-corrected chi connectivity index (χ1v) is 6.24. The number of phenols is 1. The highest BCUT2D eigenvalue weighted by Crippen LogP contribution is 2.29. The molecule has 0 radical (unpaired) electrons. The normalized spacial score (nSPS) is 10.9. The van der Waals surface area contributed by atoms with Gasteiger partial charge in [0, 0.05) is 23.3 Å². The van der Waals surface area contributed by atoms with Crippen LogP contribution in [-0.2, 0) is 0 Å². The lowest BCUT2D eigenvalue weighted by Gasteiger charge is -2.06. The van der Waals surface area contributed by atoms with Gasteiger partial charge < -0.3 is 15.8 Å². The van der Waals surface area contributed by atoms with E-state index in [1.807, 2.05) is 7.85 Å². The molecule has 0 atom stereocenters.